The van der Waals surface area contributed by atoms with Crippen molar-refractivity contribution in [1.29, 1.82) is 0 Å². The molecule has 0 aromatic heterocycles. The zero-order valence-corrected chi connectivity index (χ0v) is 17.4. The minimum Gasteiger partial charge on any atom is -0.497 e. The van der Waals surface area contributed by atoms with Gasteiger partial charge in [-0.25, -0.2) is 0 Å². The summed E-state index contributed by atoms with van der Waals surface area (Å²) in [6.07, 6.45) is 0. The summed E-state index contributed by atoms with van der Waals surface area (Å²) in [7, 11) is 3.06. The number of nitrogens with one attached hydrogen (secondary N) is 2. The molecular weight excluding hydrogens is 372 g/mol. The Labute approximate surface area is 171 Å². The fourth-order valence-electron chi connectivity index (χ4n) is 2.75. The van der Waals surface area contributed by atoms with E-state index in [9.17, 15) is 9.59 Å². The minimum absolute atomic E-state index is 0.127. The van der Waals surface area contributed by atoms with Gasteiger partial charge >= 0.3 is 0 Å². The van der Waals surface area contributed by atoms with Gasteiger partial charge in [-0.15, -0.1) is 0 Å². The lowest BCUT2D eigenvalue weighted by Crippen LogP contribution is -2.47. The number of hydrogen-bond donors (Lipinski definition) is 2. The molecule has 0 spiro atoms. The molecule has 156 valence electrons. The standard InChI is InChI=1S/C22H28N2O5/c1-6-29-16-9-7-15(8-10-16)21(25)24-20(14(2)3)22(26)23-18-13-17(27-4)11-12-19(18)28-5/h7-14,20H,6H2,1-5H3,(H,23,26)(H,24,25). The first-order valence-electron chi connectivity index (χ1n) is 9.46. The van der Waals surface area contributed by atoms with E-state index in [-0.39, 0.29) is 17.7 Å². The van der Waals surface area contributed by atoms with E-state index in [4.69, 9.17) is 14.2 Å². The first kappa shape index (κ1) is 22.1. The van der Waals surface area contributed by atoms with E-state index in [2.05, 4.69) is 10.6 Å². The summed E-state index contributed by atoms with van der Waals surface area (Å²) in [5, 5.41) is 5.63. The summed E-state index contributed by atoms with van der Waals surface area (Å²) < 4.78 is 15.9. The first-order valence-corrected chi connectivity index (χ1v) is 9.46. The van der Waals surface area contributed by atoms with Crippen LogP contribution in [0, 0.1) is 5.92 Å². The molecule has 0 aliphatic rings. The highest BCUT2D eigenvalue weighted by Gasteiger charge is 2.25. The number of methoxy groups -OCH3 is 2. The third-order valence-corrected chi connectivity index (χ3v) is 4.33. The zero-order valence-electron chi connectivity index (χ0n) is 17.4. The second kappa shape index (κ2) is 10.4. The van der Waals surface area contributed by atoms with E-state index in [1.807, 2.05) is 20.8 Å². The Morgan fingerprint density at radius 1 is 0.966 bits per heavy atom. The molecule has 0 radical (unpaired) electrons. The van der Waals surface area contributed by atoms with Gasteiger partial charge in [0.2, 0.25) is 5.91 Å². The number of carbonyl (C=O) groups excluding carboxylic acids is 2. The van der Waals surface area contributed by atoms with Gasteiger partial charge in [0, 0.05) is 11.6 Å². The van der Waals surface area contributed by atoms with Crippen LogP contribution in [0.4, 0.5) is 5.69 Å². The molecule has 1 atom stereocenters. The molecule has 29 heavy (non-hydrogen) atoms. The summed E-state index contributed by atoms with van der Waals surface area (Å²) in [6.45, 7) is 6.18. The van der Waals surface area contributed by atoms with Crippen molar-refractivity contribution in [2.75, 3.05) is 26.1 Å². The summed E-state index contributed by atoms with van der Waals surface area (Å²) in [6, 6.07) is 11.2. The number of benzene rings is 2. The second-order valence-corrected chi connectivity index (χ2v) is 6.71. The largest absolute Gasteiger partial charge is 0.497 e. The summed E-state index contributed by atoms with van der Waals surface area (Å²) in [4.78, 5) is 25.5. The molecule has 0 aliphatic carbocycles. The molecule has 0 saturated carbocycles. The molecule has 1 unspecified atom stereocenters. The molecular formula is C22H28N2O5. The van der Waals surface area contributed by atoms with Gasteiger partial charge in [0.25, 0.3) is 5.91 Å². The molecule has 2 rings (SSSR count). The average molecular weight is 400 g/mol. The van der Waals surface area contributed by atoms with Crippen LogP contribution in [0.25, 0.3) is 0 Å². The molecule has 2 aromatic carbocycles. The molecule has 2 aromatic rings. The topological polar surface area (TPSA) is 85.9 Å². The molecule has 2 N–H and O–H groups in total. The number of ether oxygens (including phenoxy) is 3. The van der Waals surface area contributed by atoms with Crippen molar-refractivity contribution in [3.63, 3.8) is 0 Å². The van der Waals surface area contributed by atoms with Crippen molar-refractivity contribution in [2.45, 2.75) is 26.8 Å². The van der Waals surface area contributed by atoms with Crippen LogP contribution in [0.5, 0.6) is 17.2 Å². The summed E-state index contributed by atoms with van der Waals surface area (Å²) in [5.41, 5.74) is 0.920. The normalized spacial score (nSPS) is 11.5. The molecule has 0 heterocycles. The maximum absolute atomic E-state index is 12.9. The Hall–Kier alpha value is -3.22. The average Bonchev–Trinajstić information content (AvgIpc) is 2.72. The highest BCUT2D eigenvalue weighted by Crippen LogP contribution is 2.29. The van der Waals surface area contributed by atoms with Crippen molar-refractivity contribution in [2.24, 2.45) is 5.92 Å². The van der Waals surface area contributed by atoms with Crippen LogP contribution in [-0.2, 0) is 4.79 Å². The lowest BCUT2D eigenvalue weighted by molar-refractivity contribution is -0.118. The Kier molecular flexibility index (Phi) is 7.88. The van der Waals surface area contributed by atoms with E-state index in [0.717, 1.165) is 0 Å². The van der Waals surface area contributed by atoms with Crippen LogP contribution in [0.1, 0.15) is 31.1 Å². The number of anilines is 1. The SMILES string of the molecule is CCOc1ccc(C(=O)NC(C(=O)Nc2cc(OC)ccc2OC)C(C)C)cc1. The molecule has 0 aliphatic heterocycles. The molecule has 2 amide bonds. The van der Waals surface area contributed by atoms with Crippen LogP contribution in [0.2, 0.25) is 0 Å². The van der Waals surface area contributed by atoms with E-state index in [1.54, 1.807) is 49.6 Å². The van der Waals surface area contributed by atoms with Crippen molar-refractivity contribution >= 4 is 17.5 Å². The van der Waals surface area contributed by atoms with Crippen molar-refractivity contribution < 1.29 is 23.8 Å². The van der Waals surface area contributed by atoms with E-state index < -0.39 is 6.04 Å². The molecule has 0 bridgehead atoms. The highest BCUT2D eigenvalue weighted by molar-refractivity contribution is 6.02. The quantitative estimate of drug-likeness (QED) is 0.673. The van der Waals surface area contributed by atoms with Crippen LogP contribution in [0.15, 0.2) is 42.5 Å². The second-order valence-electron chi connectivity index (χ2n) is 6.71. The van der Waals surface area contributed by atoms with E-state index >= 15 is 0 Å². The smallest absolute Gasteiger partial charge is 0.251 e. The van der Waals surface area contributed by atoms with Crippen molar-refractivity contribution in [1.82, 2.24) is 5.32 Å². The zero-order chi connectivity index (χ0) is 21.4. The van der Waals surface area contributed by atoms with E-state index in [0.29, 0.717) is 35.1 Å². The highest BCUT2D eigenvalue weighted by atomic mass is 16.5. The molecule has 7 heteroatoms. The minimum atomic E-state index is -0.732. The summed E-state index contributed by atoms with van der Waals surface area (Å²) in [5.74, 6) is 0.969. The van der Waals surface area contributed by atoms with Gasteiger partial charge in [-0.2, -0.15) is 0 Å². The Bertz CT molecular complexity index is 834. The number of hydrogen-bond acceptors (Lipinski definition) is 5. The van der Waals surface area contributed by atoms with Crippen LogP contribution >= 0.6 is 0 Å². The maximum atomic E-state index is 12.9. The van der Waals surface area contributed by atoms with Gasteiger partial charge in [-0.1, -0.05) is 13.8 Å². The van der Waals surface area contributed by atoms with Crippen LogP contribution in [0.3, 0.4) is 0 Å². The molecule has 0 saturated heterocycles. The van der Waals surface area contributed by atoms with Gasteiger partial charge in [-0.3, -0.25) is 9.59 Å². The Morgan fingerprint density at radius 2 is 1.62 bits per heavy atom. The maximum Gasteiger partial charge on any atom is 0.251 e. The molecule has 0 fully saturated rings. The van der Waals surface area contributed by atoms with Gasteiger partial charge in [-0.05, 0) is 49.2 Å². The first-order chi connectivity index (χ1) is 13.9. The van der Waals surface area contributed by atoms with Gasteiger partial charge in [0.05, 0.1) is 26.5 Å². The van der Waals surface area contributed by atoms with Gasteiger partial charge < -0.3 is 24.8 Å². The lowest BCUT2D eigenvalue weighted by Gasteiger charge is -2.22. The number of amides is 2. The Morgan fingerprint density at radius 3 is 2.17 bits per heavy atom. The third-order valence-electron chi connectivity index (χ3n) is 4.33. The van der Waals surface area contributed by atoms with E-state index in [1.165, 1.54) is 7.11 Å². The number of carbonyl (C=O) groups is 2. The molecule has 7 nitrogen and oxygen atoms in total. The van der Waals surface area contributed by atoms with Crippen molar-refractivity contribution in [3.8, 4) is 17.2 Å². The van der Waals surface area contributed by atoms with Crippen LogP contribution in [-0.4, -0.2) is 38.7 Å². The van der Waals surface area contributed by atoms with Gasteiger partial charge in [0.15, 0.2) is 0 Å². The fourth-order valence-corrected chi connectivity index (χ4v) is 2.75. The Balaban J connectivity index is 2.14. The van der Waals surface area contributed by atoms with Crippen LogP contribution < -0.4 is 24.8 Å². The number of rotatable bonds is 9. The lowest BCUT2D eigenvalue weighted by atomic mass is 10.0. The van der Waals surface area contributed by atoms with Gasteiger partial charge in [0.1, 0.15) is 23.3 Å². The monoisotopic (exact) mass is 400 g/mol. The summed E-state index contributed by atoms with van der Waals surface area (Å²) >= 11 is 0. The predicted molar refractivity (Wildman–Crippen MR) is 112 cm³/mol. The van der Waals surface area contributed by atoms with Crippen molar-refractivity contribution in [3.05, 3.63) is 48.0 Å². The fraction of sp³-hybridized carbons (Fsp3) is 0.364. The predicted octanol–water partition coefficient (Wildman–Crippen LogP) is 3.50. The third kappa shape index (κ3) is 5.88.